The molecule has 0 atom stereocenters. The predicted octanol–water partition coefficient (Wildman–Crippen LogP) is 1.36. The number of hydrogen-bond donors (Lipinski definition) is 2. The van der Waals surface area contributed by atoms with Crippen LogP contribution in [0.4, 0.5) is 0 Å². The molecule has 8 nitrogen and oxygen atoms in total. The Labute approximate surface area is 141 Å². The Bertz CT molecular complexity index is 722. The van der Waals surface area contributed by atoms with E-state index in [9.17, 15) is 9.59 Å². The number of carbonyl (C=O) groups excluding carboxylic acids is 1. The van der Waals surface area contributed by atoms with Crippen LogP contribution in [0.5, 0.6) is 0 Å². The molecule has 0 saturated carbocycles. The lowest BCUT2D eigenvalue weighted by Gasteiger charge is -2.07. The molecule has 1 amide bonds. The highest BCUT2D eigenvalue weighted by atomic mass is 79.9. The van der Waals surface area contributed by atoms with Crippen LogP contribution in [0.2, 0.25) is 0 Å². The molecule has 2 aromatic heterocycles. The number of nitrogens with zero attached hydrogens (tertiary/aromatic N) is 4. The van der Waals surface area contributed by atoms with E-state index in [-0.39, 0.29) is 18.1 Å². The van der Waals surface area contributed by atoms with Crippen LogP contribution < -0.4 is 5.32 Å². The summed E-state index contributed by atoms with van der Waals surface area (Å²) >= 11 is 3.48. The molecule has 0 aliphatic rings. The second kappa shape index (κ2) is 7.40. The van der Waals surface area contributed by atoms with Crippen molar-refractivity contribution in [2.75, 3.05) is 6.54 Å². The third-order valence-corrected chi connectivity index (χ3v) is 4.48. The number of aromatic carboxylic acids is 1. The summed E-state index contributed by atoms with van der Waals surface area (Å²) in [5.74, 6) is -1.32. The lowest BCUT2D eigenvalue weighted by molar-refractivity contribution is -0.121. The van der Waals surface area contributed by atoms with Crippen molar-refractivity contribution < 1.29 is 14.7 Å². The fraction of sp³-hybridized carbons (Fsp3) is 0.429. The van der Waals surface area contributed by atoms with Crippen LogP contribution in [-0.2, 0) is 17.9 Å². The van der Waals surface area contributed by atoms with Crippen molar-refractivity contribution in [3.05, 3.63) is 33.8 Å². The predicted molar refractivity (Wildman–Crippen MR) is 86.2 cm³/mol. The number of nitrogens with one attached hydrogen (secondary N) is 1. The molecule has 0 fully saturated rings. The molecule has 2 aromatic rings. The van der Waals surface area contributed by atoms with Gasteiger partial charge in [-0.1, -0.05) is 0 Å². The average Bonchev–Trinajstić information content (AvgIpc) is 3.05. The smallest absolute Gasteiger partial charge is 0.356 e. The second-order valence-electron chi connectivity index (χ2n) is 5.12. The molecular weight excluding hydrogens is 366 g/mol. The van der Waals surface area contributed by atoms with Gasteiger partial charge < -0.3 is 10.4 Å². The molecule has 0 spiro atoms. The summed E-state index contributed by atoms with van der Waals surface area (Å²) < 4.78 is 4.21. The van der Waals surface area contributed by atoms with Crippen molar-refractivity contribution in [1.29, 1.82) is 0 Å². The minimum Gasteiger partial charge on any atom is -0.476 e. The van der Waals surface area contributed by atoms with E-state index in [2.05, 4.69) is 31.4 Å². The van der Waals surface area contributed by atoms with Crippen molar-refractivity contribution in [2.24, 2.45) is 0 Å². The van der Waals surface area contributed by atoms with E-state index in [0.717, 1.165) is 22.3 Å². The first-order valence-corrected chi connectivity index (χ1v) is 7.90. The van der Waals surface area contributed by atoms with E-state index in [1.807, 2.05) is 18.5 Å². The number of halogens is 1. The minimum absolute atomic E-state index is 0.00126. The first-order chi connectivity index (χ1) is 10.9. The number of hydrogen-bond acceptors (Lipinski definition) is 4. The maximum absolute atomic E-state index is 11.8. The molecule has 2 heterocycles. The molecule has 9 heteroatoms. The molecule has 0 radical (unpaired) electrons. The molecule has 0 aliphatic carbocycles. The SMILES string of the molecule is Cc1nn(CCCNC(=O)Cn2ccc(C(=O)O)n2)c(C)c1Br. The number of amides is 1. The minimum atomic E-state index is -1.11. The number of carbonyl (C=O) groups is 2. The van der Waals surface area contributed by atoms with Gasteiger partial charge in [-0.3, -0.25) is 14.2 Å². The average molecular weight is 384 g/mol. The van der Waals surface area contributed by atoms with Gasteiger partial charge >= 0.3 is 5.97 Å². The molecule has 124 valence electrons. The molecule has 0 aromatic carbocycles. The largest absolute Gasteiger partial charge is 0.476 e. The van der Waals surface area contributed by atoms with Crippen molar-refractivity contribution in [2.45, 2.75) is 33.4 Å². The quantitative estimate of drug-likeness (QED) is 0.702. The Morgan fingerprint density at radius 3 is 2.65 bits per heavy atom. The standard InChI is InChI=1S/C14H18BrN5O3/c1-9-13(15)10(2)20(17-9)6-3-5-16-12(21)8-19-7-4-11(18-19)14(22)23/h4,7H,3,5-6,8H2,1-2H3,(H,16,21)(H,22,23). The van der Waals surface area contributed by atoms with Gasteiger partial charge in [-0.05, 0) is 42.3 Å². The van der Waals surface area contributed by atoms with Gasteiger partial charge in [0.2, 0.25) is 5.91 Å². The molecule has 0 aliphatic heterocycles. The number of carboxylic acid groups (broad SMARTS) is 1. The van der Waals surface area contributed by atoms with Crippen LogP contribution in [-0.4, -0.2) is 43.1 Å². The van der Waals surface area contributed by atoms with Gasteiger partial charge in [0.1, 0.15) is 6.54 Å². The van der Waals surface area contributed by atoms with Crippen molar-refractivity contribution in [3.8, 4) is 0 Å². The Kier molecular flexibility index (Phi) is 5.54. The number of aryl methyl sites for hydroxylation is 2. The van der Waals surface area contributed by atoms with Crippen LogP contribution in [0.25, 0.3) is 0 Å². The normalized spacial score (nSPS) is 10.7. The van der Waals surface area contributed by atoms with E-state index in [1.54, 1.807) is 0 Å². The summed E-state index contributed by atoms with van der Waals surface area (Å²) in [5, 5.41) is 19.7. The lowest BCUT2D eigenvalue weighted by atomic mass is 10.4. The highest BCUT2D eigenvalue weighted by Crippen LogP contribution is 2.19. The molecule has 2 rings (SSSR count). The van der Waals surface area contributed by atoms with E-state index in [0.29, 0.717) is 13.1 Å². The zero-order chi connectivity index (χ0) is 17.0. The first-order valence-electron chi connectivity index (χ1n) is 7.11. The van der Waals surface area contributed by atoms with Gasteiger partial charge in [0.25, 0.3) is 0 Å². The molecule has 0 bridgehead atoms. The van der Waals surface area contributed by atoms with Crippen LogP contribution in [0.15, 0.2) is 16.7 Å². The number of rotatable bonds is 7. The van der Waals surface area contributed by atoms with Gasteiger partial charge in [-0.2, -0.15) is 10.2 Å². The molecular formula is C14H18BrN5O3. The van der Waals surface area contributed by atoms with Gasteiger partial charge in [0.05, 0.1) is 10.2 Å². The fourth-order valence-electron chi connectivity index (χ4n) is 2.12. The number of aromatic nitrogens is 4. The van der Waals surface area contributed by atoms with Crippen LogP contribution in [0.3, 0.4) is 0 Å². The highest BCUT2D eigenvalue weighted by Gasteiger charge is 2.10. The summed E-state index contributed by atoms with van der Waals surface area (Å²) in [5.41, 5.74) is 1.93. The fourth-order valence-corrected chi connectivity index (χ4v) is 2.40. The van der Waals surface area contributed by atoms with Crippen LogP contribution in [0, 0.1) is 13.8 Å². The van der Waals surface area contributed by atoms with Gasteiger partial charge in [0, 0.05) is 25.0 Å². The highest BCUT2D eigenvalue weighted by molar-refractivity contribution is 9.10. The summed E-state index contributed by atoms with van der Waals surface area (Å²) in [6, 6.07) is 1.36. The maximum Gasteiger partial charge on any atom is 0.356 e. The second-order valence-corrected chi connectivity index (χ2v) is 5.91. The molecule has 2 N–H and O–H groups in total. The van der Waals surface area contributed by atoms with Crippen molar-refractivity contribution in [3.63, 3.8) is 0 Å². The lowest BCUT2D eigenvalue weighted by Crippen LogP contribution is -2.29. The summed E-state index contributed by atoms with van der Waals surface area (Å²) in [7, 11) is 0. The Hall–Kier alpha value is -2.16. The van der Waals surface area contributed by atoms with E-state index >= 15 is 0 Å². The zero-order valence-corrected chi connectivity index (χ0v) is 14.5. The van der Waals surface area contributed by atoms with Gasteiger partial charge in [-0.15, -0.1) is 0 Å². The molecule has 0 unspecified atom stereocenters. The van der Waals surface area contributed by atoms with Crippen molar-refractivity contribution >= 4 is 27.8 Å². The molecule has 0 saturated heterocycles. The first kappa shape index (κ1) is 17.2. The van der Waals surface area contributed by atoms with E-state index in [4.69, 9.17) is 5.11 Å². The third kappa shape index (κ3) is 4.41. The van der Waals surface area contributed by atoms with E-state index < -0.39 is 5.97 Å². The Balaban J connectivity index is 1.74. The maximum atomic E-state index is 11.8. The zero-order valence-electron chi connectivity index (χ0n) is 12.9. The Morgan fingerprint density at radius 1 is 1.35 bits per heavy atom. The summed E-state index contributed by atoms with van der Waals surface area (Å²) in [6.45, 7) is 5.15. The van der Waals surface area contributed by atoms with E-state index in [1.165, 1.54) is 16.9 Å². The monoisotopic (exact) mass is 383 g/mol. The van der Waals surface area contributed by atoms with Gasteiger partial charge in [-0.25, -0.2) is 4.79 Å². The third-order valence-electron chi connectivity index (χ3n) is 3.33. The Morgan fingerprint density at radius 2 is 2.09 bits per heavy atom. The summed E-state index contributed by atoms with van der Waals surface area (Å²) in [4.78, 5) is 22.5. The van der Waals surface area contributed by atoms with Crippen LogP contribution >= 0.6 is 15.9 Å². The number of carboxylic acids is 1. The molecule has 23 heavy (non-hydrogen) atoms. The van der Waals surface area contributed by atoms with Gasteiger partial charge in [0.15, 0.2) is 5.69 Å². The topological polar surface area (TPSA) is 102 Å². The van der Waals surface area contributed by atoms with Crippen molar-refractivity contribution in [1.82, 2.24) is 24.9 Å². The summed E-state index contributed by atoms with van der Waals surface area (Å²) in [6.07, 6.45) is 2.22. The van der Waals surface area contributed by atoms with Crippen LogP contribution in [0.1, 0.15) is 28.3 Å².